The molecule has 0 saturated carbocycles. The molecule has 0 spiro atoms. The number of hydrogen-bond donors (Lipinski definition) is 1. The average molecular weight is 368 g/mol. The molecule has 0 aliphatic carbocycles. The van der Waals surface area contributed by atoms with Crippen molar-refractivity contribution in [1.29, 1.82) is 0 Å². The maximum Gasteiger partial charge on any atom is 0.254 e. The number of rotatable bonds is 5. The molecule has 0 radical (unpaired) electrons. The number of aromatic nitrogens is 4. The third-order valence-corrected chi connectivity index (χ3v) is 5.17. The normalized spacial score (nSPS) is 17.4. The third-order valence-electron chi connectivity index (χ3n) is 5.17. The van der Waals surface area contributed by atoms with Crippen molar-refractivity contribution in [2.75, 3.05) is 18.0 Å². The van der Waals surface area contributed by atoms with E-state index in [9.17, 15) is 4.79 Å². The van der Waals surface area contributed by atoms with Crippen molar-refractivity contribution in [2.45, 2.75) is 39.7 Å². The van der Waals surface area contributed by atoms with E-state index in [1.807, 2.05) is 19.1 Å². The molecule has 1 N–H and O–H groups in total. The van der Waals surface area contributed by atoms with Crippen LogP contribution in [0.1, 0.15) is 36.8 Å². The Bertz CT molecular complexity index is 933. The number of nitrogens with one attached hydrogen (secondary N) is 1. The molecule has 27 heavy (non-hydrogen) atoms. The average Bonchev–Trinajstić information content (AvgIpc) is 3.36. The summed E-state index contributed by atoms with van der Waals surface area (Å²) in [7, 11) is 0. The molecule has 142 valence electrons. The zero-order valence-corrected chi connectivity index (χ0v) is 15.7. The van der Waals surface area contributed by atoms with Crippen molar-refractivity contribution in [2.24, 2.45) is 5.92 Å². The van der Waals surface area contributed by atoms with Crippen molar-refractivity contribution in [3.05, 3.63) is 41.7 Å². The van der Waals surface area contributed by atoms with Crippen molar-refractivity contribution >= 4 is 17.5 Å². The van der Waals surface area contributed by atoms with Crippen LogP contribution in [-0.4, -0.2) is 38.6 Å². The highest BCUT2D eigenvalue weighted by molar-refractivity contribution is 5.79. The highest BCUT2D eigenvalue weighted by atomic mass is 16.3. The quantitative estimate of drug-likeness (QED) is 0.742. The van der Waals surface area contributed by atoms with Crippen LogP contribution in [0.5, 0.6) is 0 Å². The van der Waals surface area contributed by atoms with Gasteiger partial charge in [-0.05, 0) is 38.3 Å². The summed E-state index contributed by atoms with van der Waals surface area (Å²) in [5.74, 6) is 2.38. The van der Waals surface area contributed by atoms with E-state index in [1.54, 1.807) is 10.8 Å². The van der Waals surface area contributed by atoms with Gasteiger partial charge in [0.1, 0.15) is 17.9 Å². The molecule has 0 aromatic carbocycles. The van der Waals surface area contributed by atoms with Crippen LogP contribution in [0, 0.1) is 12.8 Å². The van der Waals surface area contributed by atoms with E-state index in [2.05, 4.69) is 32.2 Å². The number of anilines is 1. The van der Waals surface area contributed by atoms with Gasteiger partial charge in [0.25, 0.3) is 5.78 Å². The molecule has 8 heteroatoms. The van der Waals surface area contributed by atoms with E-state index in [0.717, 1.165) is 48.6 Å². The zero-order chi connectivity index (χ0) is 18.8. The van der Waals surface area contributed by atoms with Crippen LogP contribution in [0.3, 0.4) is 0 Å². The van der Waals surface area contributed by atoms with Crippen molar-refractivity contribution < 1.29 is 9.21 Å². The van der Waals surface area contributed by atoms with Gasteiger partial charge in [-0.2, -0.15) is 14.6 Å². The van der Waals surface area contributed by atoms with Gasteiger partial charge in [-0.25, -0.2) is 4.98 Å². The summed E-state index contributed by atoms with van der Waals surface area (Å²) in [4.78, 5) is 23.7. The lowest BCUT2D eigenvalue weighted by Crippen LogP contribution is -2.44. The van der Waals surface area contributed by atoms with Crippen molar-refractivity contribution in [3.63, 3.8) is 0 Å². The predicted octanol–water partition coefficient (Wildman–Crippen LogP) is 2.12. The molecule has 1 fully saturated rings. The first-order valence-electron chi connectivity index (χ1n) is 9.41. The Morgan fingerprint density at radius 3 is 3.11 bits per heavy atom. The minimum absolute atomic E-state index is 0.0644. The van der Waals surface area contributed by atoms with Gasteiger partial charge in [0.05, 0.1) is 18.7 Å². The van der Waals surface area contributed by atoms with Crippen LogP contribution in [0.2, 0.25) is 0 Å². The van der Waals surface area contributed by atoms with Crippen LogP contribution in [0.15, 0.2) is 29.1 Å². The zero-order valence-electron chi connectivity index (χ0n) is 15.7. The Hall–Kier alpha value is -2.90. The molecular formula is C19H24N6O2. The van der Waals surface area contributed by atoms with Gasteiger partial charge in [-0.15, -0.1) is 0 Å². The summed E-state index contributed by atoms with van der Waals surface area (Å²) in [6.45, 7) is 6.11. The molecule has 1 amide bonds. The van der Waals surface area contributed by atoms with Gasteiger partial charge < -0.3 is 14.6 Å². The molecular weight excluding hydrogens is 344 g/mol. The maximum atomic E-state index is 12.7. The first-order valence-corrected chi connectivity index (χ1v) is 9.41. The Kier molecular flexibility index (Phi) is 4.79. The second kappa shape index (κ2) is 7.38. The van der Waals surface area contributed by atoms with E-state index >= 15 is 0 Å². The third kappa shape index (κ3) is 3.39. The fraction of sp³-hybridized carbons (Fsp3) is 0.474. The number of nitrogens with zero attached hydrogens (tertiary/aromatic N) is 5. The summed E-state index contributed by atoms with van der Waals surface area (Å²) in [6.07, 6.45) is 5.84. The molecule has 0 bridgehead atoms. The summed E-state index contributed by atoms with van der Waals surface area (Å²) in [6, 6.07) is 3.69. The fourth-order valence-electron chi connectivity index (χ4n) is 3.82. The molecule has 1 atom stereocenters. The Morgan fingerprint density at radius 1 is 1.44 bits per heavy atom. The first-order chi connectivity index (χ1) is 13.2. The van der Waals surface area contributed by atoms with Gasteiger partial charge >= 0.3 is 0 Å². The number of piperidine rings is 1. The number of carbonyl (C=O) groups excluding carboxylic acids is 1. The Morgan fingerprint density at radius 2 is 2.33 bits per heavy atom. The van der Waals surface area contributed by atoms with Crippen LogP contribution in [0.25, 0.3) is 5.78 Å². The number of furan rings is 1. The van der Waals surface area contributed by atoms with E-state index in [-0.39, 0.29) is 11.8 Å². The molecule has 4 heterocycles. The van der Waals surface area contributed by atoms with Gasteiger partial charge in [0, 0.05) is 24.3 Å². The number of hydrogen-bond acceptors (Lipinski definition) is 6. The highest BCUT2D eigenvalue weighted by Crippen LogP contribution is 2.28. The molecule has 1 unspecified atom stereocenters. The SMILES string of the molecule is CCc1c(C)nc2ncnn2c1N1CCCC(C(=O)NCc2ccco2)C1. The summed E-state index contributed by atoms with van der Waals surface area (Å²) < 4.78 is 7.09. The lowest BCUT2D eigenvalue weighted by atomic mass is 9.96. The summed E-state index contributed by atoms with van der Waals surface area (Å²) >= 11 is 0. The topological polar surface area (TPSA) is 88.6 Å². The highest BCUT2D eigenvalue weighted by Gasteiger charge is 2.29. The lowest BCUT2D eigenvalue weighted by Gasteiger charge is -2.34. The number of amides is 1. The molecule has 1 aliphatic rings. The molecule has 4 rings (SSSR count). The van der Waals surface area contributed by atoms with Gasteiger partial charge in [0.15, 0.2) is 0 Å². The number of fused-ring (bicyclic) bond motifs is 1. The van der Waals surface area contributed by atoms with Gasteiger partial charge in [-0.3, -0.25) is 4.79 Å². The second-order valence-corrected chi connectivity index (χ2v) is 6.91. The molecule has 1 saturated heterocycles. The fourth-order valence-corrected chi connectivity index (χ4v) is 3.82. The molecule has 8 nitrogen and oxygen atoms in total. The Labute approximate surface area is 157 Å². The lowest BCUT2D eigenvalue weighted by molar-refractivity contribution is -0.125. The van der Waals surface area contributed by atoms with E-state index in [1.165, 1.54) is 6.33 Å². The van der Waals surface area contributed by atoms with Crippen LogP contribution in [-0.2, 0) is 17.8 Å². The van der Waals surface area contributed by atoms with Crippen LogP contribution < -0.4 is 10.2 Å². The van der Waals surface area contributed by atoms with Crippen molar-refractivity contribution in [3.8, 4) is 0 Å². The molecule has 3 aromatic heterocycles. The summed E-state index contributed by atoms with van der Waals surface area (Å²) in [5, 5.41) is 7.36. The number of carbonyl (C=O) groups is 1. The van der Waals surface area contributed by atoms with Gasteiger partial charge in [0.2, 0.25) is 5.91 Å². The van der Waals surface area contributed by atoms with Crippen LogP contribution >= 0.6 is 0 Å². The van der Waals surface area contributed by atoms with E-state index in [4.69, 9.17) is 4.42 Å². The minimum Gasteiger partial charge on any atom is -0.467 e. The largest absolute Gasteiger partial charge is 0.467 e. The van der Waals surface area contributed by atoms with E-state index < -0.39 is 0 Å². The molecule has 1 aliphatic heterocycles. The second-order valence-electron chi connectivity index (χ2n) is 6.91. The smallest absolute Gasteiger partial charge is 0.254 e. The monoisotopic (exact) mass is 368 g/mol. The predicted molar refractivity (Wildman–Crippen MR) is 100 cm³/mol. The van der Waals surface area contributed by atoms with Crippen molar-refractivity contribution in [1.82, 2.24) is 24.9 Å². The Balaban J connectivity index is 1.55. The van der Waals surface area contributed by atoms with Crippen LogP contribution in [0.4, 0.5) is 5.82 Å². The standard InChI is InChI=1S/C19H24N6O2/c1-3-16-13(2)23-19-21-12-22-25(19)18(16)24-8-4-6-14(11-24)17(26)20-10-15-7-5-9-27-15/h5,7,9,12,14H,3-4,6,8,10-11H2,1-2H3,(H,20,26). The molecule has 3 aromatic rings. The van der Waals surface area contributed by atoms with Gasteiger partial charge in [-0.1, -0.05) is 6.92 Å². The maximum absolute atomic E-state index is 12.7. The minimum atomic E-state index is -0.0644. The first kappa shape index (κ1) is 17.5. The van der Waals surface area contributed by atoms with E-state index in [0.29, 0.717) is 18.9 Å². The summed E-state index contributed by atoms with van der Waals surface area (Å²) in [5.41, 5.74) is 2.13. The number of aryl methyl sites for hydroxylation is 1.